The van der Waals surface area contributed by atoms with Gasteiger partial charge in [-0.2, -0.15) is 0 Å². The molecule has 17 heteroatoms. The number of piperidine rings is 1. The number of hydrogen-bond acceptors (Lipinski definition) is 13. The molecule has 1 aliphatic rings. The summed E-state index contributed by atoms with van der Waals surface area (Å²) in [5, 5.41) is 10.8. The monoisotopic (exact) mass is 1030 g/mol. The third-order valence-electron chi connectivity index (χ3n) is 10.9. The molecule has 0 aromatic heterocycles. The van der Waals surface area contributed by atoms with E-state index in [9.17, 15) is 33.6 Å². The lowest BCUT2D eigenvalue weighted by Gasteiger charge is -2.35. The molecule has 17 nitrogen and oxygen atoms in total. The van der Waals surface area contributed by atoms with E-state index in [-0.39, 0.29) is 54.2 Å². The maximum Gasteiger partial charge on any atom is 0.408 e. The molecule has 6 N–H and O–H groups in total. The molecule has 0 spiro atoms. The van der Waals surface area contributed by atoms with Gasteiger partial charge in [0, 0.05) is 29.8 Å². The molecule has 1 aliphatic heterocycles. The van der Waals surface area contributed by atoms with Gasteiger partial charge in [0.25, 0.3) is 0 Å². The van der Waals surface area contributed by atoms with Crippen LogP contribution in [0, 0.1) is 0 Å². The van der Waals surface area contributed by atoms with Gasteiger partial charge in [-0.1, -0.05) is 91.0 Å². The van der Waals surface area contributed by atoms with Gasteiger partial charge in [-0.15, -0.1) is 0 Å². The molecule has 1 heterocycles. The zero-order valence-electron chi connectivity index (χ0n) is 46.5. The highest BCUT2D eigenvalue weighted by atomic mass is 16.6. The second kappa shape index (κ2) is 29.4. The zero-order chi connectivity index (χ0) is 56.1. The van der Waals surface area contributed by atoms with E-state index in [0.29, 0.717) is 12.8 Å². The molecule has 0 radical (unpaired) electrons. The predicted molar refractivity (Wildman–Crippen MR) is 285 cm³/mol. The maximum absolute atomic E-state index is 12.5. The average Bonchev–Trinajstić information content (AvgIpc) is 3.26. The second-order valence-corrected chi connectivity index (χ2v) is 22.0. The van der Waals surface area contributed by atoms with Crippen LogP contribution in [0.5, 0.6) is 0 Å². The highest BCUT2D eigenvalue weighted by Crippen LogP contribution is 2.29. The maximum atomic E-state index is 12.5. The van der Waals surface area contributed by atoms with Crippen molar-refractivity contribution in [3.05, 3.63) is 108 Å². The molecular formula is C57H85N5O12. The molecule has 1 fully saturated rings. The van der Waals surface area contributed by atoms with Crippen molar-refractivity contribution in [2.45, 2.75) is 207 Å². The van der Waals surface area contributed by atoms with Gasteiger partial charge in [0.2, 0.25) is 5.91 Å². The number of carbonyl (C=O) groups is 7. The van der Waals surface area contributed by atoms with Crippen LogP contribution in [0.4, 0.5) is 14.4 Å². The topological polar surface area (TPSA) is 240 Å². The van der Waals surface area contributed by atoms with Gasteiger partial charge in [0.1, 0.15) is 40.7 Å². The number of Topliss-reactive ketones (excluding diaryl/α,β-unsaturated/α-hetero) is 1. The van der Waals surface area contributed by atoms with Gasteiger partial charge in [-0.05, 0) is 147 Å². The summed E-state index contributed by atoms with van der Waals surface area (Å²) >= 11 is 0. The molecule has 8 atom stereocenters. The third-order valence-corrected chi connectivity index (χ3v) is 10.9. The highest BCUT2D eigenvalue weighted by Gasteiger charge is 2.37. The first-order valence-corrected chi connectivity index (χ1v) is 25.4. The lowest BCUT2D eigenvalue weighted by molar-refractivity contribution is -0.151. The van der Waals surface area contributed by atoms with E-state index in [4.69, 9.17) is 29.4 Å². The minimum Gasteiger partial charge on any atom is -0.461 e. The fourth-order valence-electron chi connectivity index (χ4n) is 7.71. The Hall–Kier alpha value is -6.49. The second-order valence-electron chi connectivity index (χ2n) is 22.0. The summed E-state index contributed by atoms with van der Waals surface area (Å²) in [5.41, 5.74) is 7.17. The van der Waals surface area contributed by atoms with Crippen LogP contribution < -0.4 is 27.0 Å². The number of esters is 2. The Kier molecular flexibility index (Phi) is 25.3. The Labute approximate surface area is 439 Å². The van der Waals surface area contributed by atoms with Crippen LogP contribution in [0.3, 0.4) is 0 Å². The molecule has 3 aromatic carbocycles. The van der Waals surface area contributed by atoms with E-state index < -0.39 is 71.1 Å². The Morgan fingerprint density at radius 1 is 0.608 bits per heavy atom. The van der Waals surface area contributed by atoms with Crippen molar-refractivity contribution >= 4 is 41.9 Å². The minimum absolute atomic E-state index is 0.0339. The van der Waals surface area contributed by atoms with Crippen molar-refractivity contribution in [1.82, 2.24) is 21.3 Å². The Balaban J connectivity index is 0.000000381. The Bertz CT molecular complexity index is 2240. The lowest BCUT2D eigenvalue weighted by atomic mass is 9.83. The molecule has 0 saturated carbocycles. The number of rotatable bonds is 16. The predicted octanol–water partition coefficient (Wildman–Crippen LogP) is 9.52. The summed E-state index contributed by atoms with van der Waals surface area (Å²) in [7, 11) is 0. The number of alkyl carbamates (subject to hydrolysis) is 3. The largest absolute Gasteiger partial charge is 0.461 e. The fourth-order valence-corrected chi connectivity index (χ4v) is 7.71. The number of hydrogen-bond donors (Lipinski definition) is 5. The molecule has 4 amide bonds. The van der Waals surface area contributed by atoms with Crippen molar-refractivity contribution in [3.8, 4) is 0 Å². The standard InChI is InChI=1S/C20H32N2O4.C20H29NO5.C17H24N2O3/c1-13(2)25-18(23)17(22-19(24)26-20(4,5)6)12-16(14(3)21)15-10-8-7-9-11-15;1-13(2)25-18(23)17(21-19(24)26-20(4,5)6)12-16(14(3)22)15-10-8-7-9-11-15;1-11-13(12-8-6-5-7-9-12)10-14(15(20)18-11)19-16(21)22-17(2,3)4/h7-11,13-14,16-17H,12,21H2,1-6H3,(H,22,24);7-11,13,16-17H,12H2,1-6H3,(H,21,24);5-9,11,13-14H,10H2,1-4H3,(H,18,20)(H,19,21). The summed E-state index contributed by atoms with van der Waals surface area (Å²) in [5.74, 6) is -1.82. The molecule has 3 aromatic rings. The minimum atomic E-state index is -0.985. The van der Waals surface area contributed by atoms with Gasteiger partial charge in [0.05, 0.1) is 12.2 Å². The molecule has 8 unspecified atom stereocenters. The van der Waals surface area contributed by atoms with Crippen molar-refractivity contribution in [1.29, 1.82) is 0 Å². The van der Waals surface area contributed by atoms with E-state index in [0.717, 1.165) is 16.7 Å². The van der Waals surface area contributed by atoms with Gasteiger partial charge >= 0.3 is 30.2 Å². The van der Waals surface area contributed by atoms with Crippen LogP contribution in [0.15, 0.2) is 91.0 Å². The van der Waals surface area contributed by atoms with E-state index in [1.807, 2.05) is 105 Å². The van der Waals surface area contributed by atoms with Crippen LogP contribution in [0.1, 0.15) is 164 Å². The summed E-state index contributed by atoms with van der Waals surface area (Å²) in [6.45, 7) is 28.2. The molecule has 0 aliphatic carbocycles. The van der Waals surface area contributed by atoms with Crippen LogP contribution in [-0.2, 0) is 42.9 Å². The SMILES string of the molecule is CC(=O)C(CC(NC(=O)OC(C)(C)C)C(=O)OC(C)C)c1ccccc1.CC(C)OC(=O)C(CC(c1ccccc1)C(C)N)NC(=O)OC(C)(C)C.CC1NC(=O)C(NC(=O)OC(C)(C)C)CC1c1ccccc1. The fraction of sp³-hybridized carbons (Fsp3) is 0.561. The molecule has 1 saturated heterocycles. The van der Waals surface area contributed by atoms with Crippen molar-refractivity contribution in [2.75, 3.05) is 0 Å². The smallest absolute Gasteiger partial charge is 0.408 e. The van der Waals surface area contributed by atoms with E-state index >= 15 is 0 Å². The Morgan fingerprint density at radius 2 is 1.00 bits per heavy atom. The number of carbonyl (C=O) groups excluding carboxylic acids is 7. The lowest BCUT2D eigenvalue weighted by Crippen LogP contribution is -2.56. The van der Waals surface area contributed by atoms with Crippen LogP contribution in [-0.4, -0.2) is 101 Å². The first-order valence-electron chi connectivity index (χ1n) is 25.4. The van der Waals surface area contributed by atoms with Gasteiger partial charge in [-0.25, -0.2) is 24.0 Å². The summed E-state index contributed by atoms with van der Waals surface area (Å²) in [4.78, 5) is 85.4. The quantitative estimate of drug-likeness (QED) is 0.0664. The number of nitrogens with one attached hydrogen (secondary N) is 4. The number of benzene rings is 3. The van der Waals surface area contributed by atoms with Crippen molar-refractivity contribution < 1.29 is 57.2 Å². The summed E-state index contributed by atoms with van der Waals surface area (Å²) < 4.78 is 26.3. The average molecular weight is 1030 g/mol. The van der Waals surface area contributed by atoms with Crippen molar-refractivity contribution in [3.63, 3.8) is 0 Å². The first kappa shape index (κ1) is 63.6. The molecule has 74 heavy (non-hydrogen) atoms. The molecule has 410 valence electrons. The summed E-state index contributed by atoms with van der Waals surface area (Å²) in [6.07, 6.45) is -1.56. The summed E-state index contributed by atoms with van der Waals surface area (Å²) in [6, 6.07) is 26.3. The number of ketones is 1. The highest BCUT2D eigenvalue weighted by molar-refractivity contribution is 5.87. The molecule has 4 rings (SSSR count). The van der Waals surface area contributed by atoms with Crippen molar-refractivity contribution in [2.24, 2.45) is 5.73 Å². The number of nitrogens with two attached hydrogens (primary N) is 1. The molecule has 0 bridgehead atoms. The number of ether oxygens (including phenoxy) is 5. The van der Waals surface area contributed by atoms with E-state index in [1.54, 1.807) is 90.0 Å². The van der Waals surface area contributed by atoms with Crippen LogP contribution in [0.25, 0.3) is 0 Å². The van der Waals surface area contributed by atoms with Gasteiger partial charge in [0.15, 0.2) is 0 Å². The third kappa shape index (κ3) is 25.0. The van der Waals surface area contributed by atoms with Crippen LogP contribution in [0.2, 0.25) is 0 Å². The van der Waals surface area contributed by atoms with Gasteiger partial charge < -0.3 is 50.7 Å². The van der Waals surface area contributed by atoms with Crippen LogP contribution >= 0.6 is 0 Å². The molecular weight excluding hydrogens is 947 g/mol. The van der Waals surface area contributed by atoms with Gasteiger partial charge in [-0.3, -0.25) is 9.59 Å². The number of amides is 4. The first-order chi connectivity index (χ1) is 34.2. The van der Waals surface area contributed by atoms with E-state index in [1.165, 1.54) is 6.92 Å². The van der Waals surface area contributed by atoms with E-state index in [2.05, 4.69) is 21.3 Å². The zero-order valence-corrected chi connectivity index (χ0v) is 46.5. The normalized spacial score (nSPS) is 17.6. The Morgan fingerprint density at radius 3 is 1.39 bits per heavy atom.